The number of hydrogen-bond donors (Lipinski definition) is 4. The lowest BCUT2D eigenvalue weighted by atomic mass is 10.2. The highest BCUT2D eigenvalue weighted by molar-refractivity contribution is 5.79. The van der Waals surface area contributed by atoms with Crippen LogP contribution in [0.4, 0.5) is 0 Å². The van der Waals surface area contributed by atoms with Gasteiger partial charge in [-0.3, -0.25) is 29.6 Å². The first-order chi connectivity index (χ1) is 14.4. The van der Waals surface area contributed by atoms with E-state index in [-0.39, 0.29) is 50.6 Å². The standard InChI is InChI=1S/C20H36N4O6/c25-17-9-7-12-20(28)24(30)16-6-2-4-14-22-18(26)10-8-11-19(27)23(29)15-5-1-3-13-21-17/h29-30H,1-16H2,(H,21,25)(H,22,26). The van der Waals surface area contributed by atoms with Gasteiger partial charge in [0.05, 0.1) is 0 Å². The second-order valence-electron chi connectivity index (χ2n) is 7.56. The van der Waals surface area contributed by atoms with Gasteiger partial charge in [-0.2, -0.15) is 0 Å². The second-order valence-corrected chi connectivity index (χ2v) is 7.56. The zero-order chi connectivity index (χ0) is 22.2. The number of carbonyl (C=O) groups is 4. The Hall–Kier alpha value is -2.20. The summed E-state index contributed by atoms with van der Waals surface area (Å²) >= 11 is 0. The molecule has 0 aromatic rings. The fraction of sp³-hybridized carbons (Fsp3) is 0.800. The predicted molar refractivity (Wildman–Crippen MR) is 108 cm³/mol. The molecule has 10 heteroatoms. The first-order valence-electron chi connectivity index (χ1n) is 10.9. The average Bonchev–Trinajstić information content (AvgIpc) is 2.71. The third kappa shape index (κ3) is 12.4. The van der Waals surface area contributed by atoms with E-state index in [1.54, 1.807) is 0 Å². The van der Waals surface area contributed by atoms with E-state index in [9.17, 15) is 29.6 Å². The summed E-state index contributed by atoms with van der Waals surface area (Å²) in [6.45, 7) is 1.43. The molecule has 0 unspecified atom stereocenters. The Balaban J connectivity index is 2.42. The molecule has 1 fully saturated rings. The molecule has 0 spiro atoms. The Labute approximate surface area is 177 Å². The van der Waals surface area contributed by atoms with Gasteiger partial charge < -0.3 is 10.6 Å². The molecule has 4 amide bonds. The number of hydroxylamine groups is 4. The van der Waals surface area contributed by atoms with Gasteiger partial charge in [0.15, 0.2) is 0 Å². The molecule has 0 atom stereocenters. The Morgan fingerprint density at radius 2 is 0.933 bits per heavy atom. The molecule has 0 radical (unpaired) electrons. The summed E-state index contributed by atoms with van der Waals surface area (Å²) in [7, 11) is 0. The fourth-order valence-electron chi connectivity index (χ4n) is 3.07. The molecule has 10 nitrogen and oxygen atoms in total. The highest BCUT2D eigenvalue weighted by Gasteiger charge is 2.13. The zero-order valence-corrected chi connectivity index (χ0v) is 17.7. The Bertz CT molecular complexity index is 509. The van der Waals surface area contributed by atoms with Gasteiger partial charge in [-0.25, -0.2) is 10.1 Å². The van der Waals surface area contributed by atoms with E-state index in [1.807, 2.05) is 0 Å². The van der Waals surface area contributed by atoms with Crippen LogP contribution in [0.3, 0.4) is 0 Å². The fourth-order valence-corrected chi connectivity index (χ4v) is 3.07. The van der Waals surface area contributed by atoms with Crippen LogP contribution in [0.15, 0.2) is 0 Å². The number of nitrogens with one attached hydrogen (secondary N) is 2. The lowest BCUT2D eigenvalue weighted by molar-refractivity contribution is -0.166. The molecule has 172 valence electrons. The van der Waals surface area contributed by atoms with Gasteiger partial charge in [-0.15, -0.1) is 0 Å². The van der Waals surface area contributed by atoms with E-state index < -0.39 is 11.8 Å². The highest BCUT2D eigenvalue weighted by Crippen LogP contribution is 2.05. The van der Waals surface area contributed by atoms with Crippen molar-refractivity contribution in [3.8, 4) is 0 Å². The van der Waals surface area contributed by atoms with E-state index in [2.05, 4.69) is 10.6 Å². The molecule has 0 aromatic heterocycles. The van der Waals surface area contributed by atoms with Crippen molar-refractivity contribution < 1.29 is 29.6 Å². The Morgan fingerprint density at radius 1 is 0.533 bits per heavy atom. The maximum atomic E-state index is 11.9. The van der Waals surface area contributed by atoms with Crippen molar-refractivity contribution in [2.45, 2.75) is 77.0 Å². The van der Waals surface area contributed by atoms with Gasteiger partial charge in [0.25, 0.3) is 0 Å². The summed E-state index contributed by atoms with van der Waals surface area (Å²) in [6.07, 6.45) is 5.55. The summed E-state index contributed by atoms with van der Waals surface area (Å²) in [5.74, 6) is -1.06. The summed E-state index contributed by atoms with van der Waals surface area (Å²) in [5, 5.41) is 26.5. The molecule has 1 saturated heterocycles. The van der Waals surface area contributed by atoms with Gasteiger partial charge in [-0.05, 0) is 51.4 Å². The van der Waals surface area contributed by atoms with Crippen molar-refractivity contribution in [1.29, 1.82) is 0 Å². The molecule has 30 heavy (non-hydrogen) atoms. The van der Waals surface area contributed by atoms with Crippen LogP contribution in [0.2, 0.25) is 0 Å². The maximum Gasteiger partial charge on any atom is 0.245 e. The van der Waals surface area contributed by atoms with Crippen LogP contribution in [0, 0.1) is 0 Å². The largest absolute Gasteiger partial charge is 0.356 e. The van der Waals surface area contributed by atoms with Gasteiger partial charge in [0, 0.05) is 51.9 Å². The van der Waals surface area contributed by atoms with E-state index in [4.69, 9.17) is 0 Å². The molecule has 4 N–H and O–H groups in total. The molecule has 1 aliphatic rings. The van der Waals surface area contributed by atoms with Crippen LogP contribution in [0.25, 0.3) is 0 Å². The first-order valence-corrected chi connectivity index (χ1v) is 10.9. The van der Waals surface area contributed by atoms with Crippen molar-refractivity contribution in [2.75, 3.05) is 26.2 Å². The lowest BCUT2D eigenvalue weighted by Crippen LogP contribution is -2.30. The van der Waals surface area contributed by atoms with Crippen LogP contribution >= 0.6 is 0 Å². The van der Waals surface area contributed by atoms with Gasteiger partial charge in [0.1, 0.15) is 0 Å². The van der Waals surface area contributed by atoms with Crippen molar-refractivity contribution in [1.82, 2.24) is 20.8 Å². The van der Waals surface area contributed by atoms with E-state index in [0.29, 0.717) is 48.9 Å². The van der Waals surface area contributed by atoms with Gasteiger partial charge >= 0.3 is 0 Å². The Kier molecular flexibility index (Phi) is 13.4. The lowest BCUT2D eigenvalue weighted by Gasteiger charge is -2.15. The summed E-state index contributed by atoms with van der Waals surface area (Å²) in [4.78, 5) is 47.3. The van der Waals surface area contributed by atoms with E-state index >= 15 is 0 Å². The molecule has 0 saturated carbocycles. The highest BCUT2D eigenvalue weighted by atomic mass is 16.5. The van der Waals surface area contributed by atoms with Crippen LogP contribution < -0.4 is 10.6 Å². The summed E-state index contributed by atoms with van der Waals surface area (Å²) in [5.41, 5.74) is 0. The topological polar surface area (TPSA) is 139 Å². The van der Waals surface area contributed by atoms with Crippen molar-refractivity contribution in [3.63, 3.8) is 0 Å². The van der Waals surface area contributed by atoms with Crippen molar-refractivity contribution >= 4 is 23.6 Å². The average molecular weight is 429 g/mol. The number of nitrogens with zero attached hydrogens (tertiary/aromatic N) is 2. The minimum absolute atomic E-state index is 0.111. The summed E-state index contributed by atoms with van der Waals surface area (Å²) < 4.78 is 0. The minimum Gasteiger partial charge on any atom is -0.356 e. The van der Waals surface area contributed by atoms with Crippen LogP contribution in [0.1, 0.15) is 77.0 Å². The SMILES string of the molecule is O=C1CCCC(=O)N(O)CCCCCNC(=O)CCCC(=O)N(O)CCCCCN1. The molecule has 1 aliphatic heterocycles. The van der Waals surface area contributed by atoms with Crippen molar-refractivity contribution in [3.05, 3.63) is 0 Å². The number of amides is 4. The van der Waals surface area contributed by atoms with Gasteiger partial charge in [-0.1, -0.05) is 0 Å². The number of hydrogen-bond acceptors (Lipinski definition) is 6. The molecule has 0 bridgehead atoms. The van der Waals surface area contributed by atoms with Crippen LogP contribution in [0.5, 0.6) is 0 Å². The maximum absolute atomic E-state index is 11.9. The van der Waals surface area contributed by atoms with E-state index in [0.717, 1.165) is 25.7 Å². The third-order valence-electron chi connectivity index (χ3n) is 4.90. The molecule has 0 aliphatic carbocycles. The molecular weight excluding hydrogens is 392 g/mol. The molecular formula is C20H36N4O6. The molecule has 1 rings (SSSR count). The minimum atomic E-state index is -0.395. The second kappa shape index (κ2) is 15.6. The first kappa shape index (κ1) is 25.8. The number of rotatable bonds is 0. The predicted octanol–water partition coefficient (Wildman–Crippen LogP) is 1.35. The molecule has 1 heterocycles. The molecule has 0 aromatic carbocycles. The Morgan fingerprint density at radius 3 is 1.33 bits per heavy atom. The quantitative estimate of drug-likeness (QED) is 0.430. The third-order valence-corrected chi connectivity index (χ3v) is 4.90. The zero-order valence-electron chi connectivity index (χ0n) is 17.7. The van der Waals surface area contributed by atoms with Crippen molar-refractivity contribution in [2.24, 2.45) is 0 Å². The van der Waals surface area contributed by atoms with Gasteiger partial charge in [0.2, 0.25) is 23.6 Å². The smallest absolute Gasteiger partial charge is 0.245 e. The number of carbonyl (C=O) groups excluding carboxylic acids is 4. The monoisotopic (exact) mass is 428 g/mol. The summed E-state index contributed by atoms with van der Waals surface area (Å²) in [6, 6.07) is 0. The normalized spacial score (nSPS) is 21.5. The van der Waals surface area contributed by atoms with Crippen LogP contribution in [-0.2, 0) is 19.2 Å². The van der Waals surface area contributed by atoms with Crippen LogP contribution in [-0.4, -0.2) is 70.3 Å². The van der Waals surface area contributed by atoms with E-state index in [1.165, 1.54) is 0 Å².